The molecule has 1 aromatic heterocycles. The second-order valence-electron chi connectivity index (χ2n) is 5.36. The van der Waals surface area contributed by atoms with Gasteiger partial charge in [0, 0.05) is 23.9 Å². The lowest BCUT2D eigenvalue weighted by molar-refractivity contribution is -0.114. The van der Waals surface area contributed by atoms with Crippen LogP contribution in [0.15, 0.2) is 54.6 Å². The van der Waals surface area contributed by atoms with Crippen LogP contribution < -0.4 is 10.6 Å². The molecular weight excluding hydrogens is 340 g/mol. The summed E-state index contributed by atoms with van der Waals surface area (Å²) in [6.45, 7) is 1.44. The van der Waals surface area contributed by atoms with Crippen molar-refractivity contribution in [1.82, 2.24) is 10.2 Å². The minimum absolute atomic E-state index is 0.152. The van der Waals surface area contributed by atoms with Gasteiger partial charge in [-0.2, -0.15) is 5.10 Å². The lowest BCUT2D eigenvalue weighted by Gasteiger charge is -2.05. The Labute approximate surface area is 149 Å². The van der Waals surface area contributed by atoms with Gasteiger partial charge < -0.3 is 10.6 Å². The lowest BCUT2D eigenvalue weighted by atomic mass is 10.1. The summed E-state index contributed by atoms with van der Waals surface area (Å²) in [5.41, 5.74) is 2.93. The van der Waals surface area contributed by atoms with E-state index < -0.39 is 0 Å². The quantitative estimate of drug-likeness (QED) is 0.663. The molecule has 0 saturated carbocycles. The van der Waals surface area contributed by atoms with Gasteiger partial charge in [0.1, 0.15) is 5.69 Å². The number of H-pyrrole nitrogens is 1. The molecule has 0 radical (unpaired) electrons. The maximum absolute atomic E-state index is 12.3. The lowest BCUT2D eigenvalue weighted by Crippen LogP contribution is -2.12. The fourth-order valence-corrected chi connectivity index (χ4v) is 2.52. The Morgan fingerprint density at radius 2 is 1.64 bits per heavy atom. The van der Waals surface area contributed by atoms with E-state index in [1.54, 1.807) is 36.4 Å². The summed E-state index contributed by atoms with van der Waals surface area (Å²) in [7, 11) is 0. The number of rotatable bonds is 4. The molecule has 0 aliphatic rings. The number of benzene rings is 2. The van der Waals surface area contributed by atoms with Gasteiger partial charge in [0.05, 0.1) is 10.7 Å². The third-order valence-electron chi connectivity index (χ3n) is 3.44. The van der Waals surface area contributed by atoms with Crippen molar-refractivity contribution in [3.05, 3.63) is 65.3 Å². The Hall–Kier alpha value is -3.12. The summed E-state index contributed by atoms with van der Waals surface area (Å²) in [4.78, 5) is 23.3. The van der Waals surface area contributed by atoms with Crippen LogP contribution in [0.25, 0.3) is 11.3 Å². The Morgan fingerprint density at radius 3 is 2.28 bits per heavy atom. The van der Waals surface area contributed by atoms with Crippen LogP contribution in [0, 0.1) is 0 Å². The molecular formula is C18H15ClN4O2. The number of nitrogens with zero attached hydrogens (tertiary/aromatic N) is 1. The molecule has 7 heteroatoms. The van der Waals surface area contributed by atoms with Crippen molar-refractivity contribution in [2.45, 2.75) is 6.92 Å². The Balaban J connectivity index is 1.72. The molecule has 25 heavy (non-hydrogen) atoms. The first kappa shape index (κ1) is 16.7. The standard InChI is InChI=1S/C18H15ClN4O2/c1-11(24)20-12-6-8-13(9-7-12)21-18(25)17-10-16(22-23-17)14-4-2-3-5-15(14)19/h2-10H,1H3,(H,20,24)(H,21,25)(H,22,23). The van der Waals surface area contributed by atoms with E-state index in [-0.39, 0.29) is 11.8 Å². The van der Waals surface area contributed by atoms with Gasteiger partial charge in [0.2, 0.25) is 5.91 Å². The zero-order valence-corrected chi connectivity index (χ0v) is 14.1. The number of nitrogens with one attached hydrogen (secondary N) is 3. The number of hydrogen-bond acceptors (Lipinski definition) is 3. The largest absolute Gasteiger partial charge is 0.326 e. The average Bonchev–Trinajstić information content (AvgIpc) is 3.06. The van der Waals surface area contributed by atoms with E-state index in [9.17, 15) is 9.59 Å². The Kier molecular flexibility index (Phi) is 4.81. The first-order valence-electron chi connectivity index (χ1n) is 7.52. The van der Waals surface area contributed by atoms with Crippen LogP contribution >= 0.6 is 11.6 Å². The minimum atomic E-state index is -0.321. The summed E-state index contributed by atoms with van der Waals surface area (Å²) < 4.78 is 0. The third kappa shape index (κ3) is 4.05. The zero-order chi connectivity index (χ0) is 17.8. The van der Waals surface area contributed by atoms with E-state index in [0.29, 0.717) is 27.8 Å². The normalized spacial score (nSPS) is 10.3. The number of aromatic nitrogens is 2. The smallest absolute Gasteiger partial charge is 0.273 e. The van der Waals surface area contributed by atoms with Gasteiger partial charge in [-0.15, -0.1) is 0 Å². The van der Waals surface area contributed by atoms with E-state index in [1.165, 1.54) is 6.92 Å². The van der Waals surface area contributed by atoms with Crippen LogP contribution in [-0.2, 0) is 4.79 Å². The fourth-order valence-electron chi connectivity index (χ4n) is 2.28. The topological polar surface area (TPSA) is 86.9 Å². The van der Waals surface area contributed by atoms with Crippen LogP contribution in [-0.4, -0.2) is 22.0 Å². The highest BCUT2D eigenvalue weighted by Gasteiger charge is 2.13. The molecule has 126 valence electrons. The van der Waals surface area contributed by atoms with E-state index in [0.717, 1.165) is 5.56 Å². The molecule has 2 amide bonds. The van der Waals surface area contributed by atoms with Crippen molar-refractivity contribution >= 4 is 34.8 Å². The molecule has 3 rings (SSSR count). The summed E-state index contributed by atoms with van der Waals surface area (Å²) in [6.07, 6.45) is 0. The molecule has 0 fully saturated rings. The highest BCUT2D eigenvalue weighted by molar-refractivity contribution is 6.33. The van der Waals surface area contributed by atoms with Gasteiger partial charge in [0.25, 0.3) is 5.91 Å². The van der Waals surface area contributed by atoms with Crippen molar-refractivity contribution in [3.63, 3.8) is 0 Å². The molecule has 3 N–H and O–H groups in total. The Bertz CT molecular complexity index is 919. The second kappa shape index (κ2) is 7.19. The maximum atomic E-state index is 12.3. The van der Waals surface area contributed by atoms with Crippen molar-refractivity contribution < 1.29 is 9.59 Å². The van der Waals surface area contributed by atoms with E-state index >= 15 is 0 Å². The predicted octanol–water partition coefficient (Wildman–Crippen LogP) is 3.94. The van der Waals surface area contributed by atoms with Gasteiger partial charge in [0.15, 0.2) is 0 Å². The molecule has 0 aliphatic carbocycles. The molecule has 1 heterocycles. The van der Waals surface area contributed by atoms with E-state index in [4.69, 9.17) is 11.6 Å². The molecule has 0 unspecified atom stereocenters. The molecule has 0 atom stereocenters. The second-order valence-corrected chi connectivity index (χ2v) is 5.77. The number of anilines is 2. The van der Waals surface area contributed by atoms with Gasteiger partial charge in [-0.1, -0.05) is 29.8 Å². The zero-order valence-electron chi connectivity index (χ0n) is 13.3. The minimum Gasteiger partial charge on any atom is -0.326 e. The van der Waals surface area contributed by atoms with Crippen LogP contribution in [0.4, 0.5) is 11.4 Å². The van der Waals surface area contributed by atoms with Crippen molar-refractivity contribution in [2.75, 3.05) is 10.6 Å². The van der Waals surface area contributed by atoms with Gasteiger partial charge in [-0.05, 0) is 36.4 Å². The molecule has 0 spiro atoms. The van der Waals surface area contributed by atoms with Crippen LogP contribution in [0.5, 0.6) is 0 Å². The van der Waals surface area contributed by atoms with E-state index in [2.05, 4.69) is 20.8 Å². The number of amides is 2. The van der Waals surface area contributed by atoms with Crippen molar-refractivity contribution in [2.24, 2.45) is 0 Å². The van der Waals surface area contributed by atoms with Crippen LogP contribution in [0.1, 0.15) is 17.4 Å². The number of carbonyl (C=O) groups is 2. The number of hydrogen-bond donors (Lipinski definition) is 3. The molecule has 0 bridgehead atoms. The monoisotopic (exact) mass is 354 g/mol. The highest BCUT2D eigenvalue weighted by atomic mass is 35.5. The maximum Gasteiger partial charge on any atom is 0.273 e. The van der Waals surface area contributed by atoms with E-state index in [1.807, 2.05) is 18.2 Å². The number of aromatic amines is 1. The van der Waals surface area contributed by atoms with Crippen molar-refractivity contribution in [1.29, 1.82) is 0 Å². The summed E-state index contributed by atoms with van der Waals surface area (Å²) >= 11 is 6.14. The van der Waals surface area contributed by atoms with Crippen molar-refractivity contribution in [3.8, 4) is 11.3 Å². The third-order valence-corrected chi connectivity index (χ3v) is 3.77. The molecule has 2 aromatic carbocycles. The summed E-state index contributed by atoms with van der Waals surface area (Å²) in [6, 6.07) is 15.7. The molecule has 3 aromatic rings. The van der Waals surface area contributed by atoms with Gasteiger partial charge in [-0.25, -0.2) is 0 Å². The predicted molar refractivity (Wildman–Crippen MR) is 97.7 cm³/mol. The first-order chi connectivity index (χ1) is 12.0. The SMILES string of the molecule is CC(=O)Nc1ccc(NC(=O)c2cc(-c3ccccc3Cl)n[nH]2)cc1. The molecule has 6 nitrogen and oxygen atoms in total. The van der Waals surface area contributed by atoms with Crippen LogP contribution in [0.3, 0.4) is 0 Å². The number of carbonyl (C=O) groups excluding carboxylic acids is 2. The van der Waals surface area contributed by atoms with Crippen LogP contribution in [0.2, 0.25) is 5.02 Å². The summed E-state index contributed by atoms with van der Waals surface area (Å²) in [5, 5.41) is 12.8. The highest BCUT2D eigenvalue weighted by Crippen LogP contribution is 2.26. The first-order valence-corrected chi connectivity index (χ1v) is 7.90. The molecule has 0 saturated heterocycles. The Morgan fingerprint density at radius 1 is 1.00 bits per heavy atom. The molecule has 0 aliphatic heterocycles. The van der Waals surface area contributed by atoms with Gasteiger partial charge in [-0.3, -0.25) is 14.7 Å². The fraction of sp³-hybridized carbons (Fsp3) is 0.0556. The summed E-state index contributed by atoms with van der Waals surface area (Å²) in [5.74, 6) is -0.473. The number of halogens is 1. The van der Waals surface area contributed by atoms with Gasteiger partial charge >= 0.3 is 0 Å². The average molecular weight is 355 g/mol.